The smallest absolute Gasteiger partial charge is 0.267 e. The number of amides is 1. The van der Waals surface area contributed by atoms with Gasteiger partial charge < -0.3 is 5.32 Å². The zero-order chi connectivity index (χ0) is 17.3. The van der Waals surface area contributed by atoms with Gasteiger partial charge in [0.2, 0.25) is 5.91 Å². The Morgan fingerprint density at radius 1 is 1.05 bits per heavy atom. The van der Waals surface area contributed by atoms with E-state index in [1.54, 1.807) is 13.8 Å². The maximum Gasteiger partial charge on any atom is 0.267 e. The average Bonchev–Trinajstić information content (AvgIpc) is 2.05. The van der Waals surface area contributed by atoms with Crippen molar-refractivity contribution in [3.8, 4) is 0 Å². The van der Waals surface area contributed by atoms with Gasteiger partial charge in [0.05, 0.1) is 11.3 Å². The van der Waals surface area contributed by atoms with Crippen molar-refractivity contribution >= 4 is 16.0 Å². The molecule has 0 aliphatic carbocycles. The summed E-state index contributed by atoms with van der Waals surface area (Å²) in [5.41, 5.74) is -1.25. The van der Waals surface area contributed by atoms with Crippen LogP contribution in [0.5, 0.6) is 0 Å². The Morgan fingerprint density at radius 3 is 1.76 bits per heavy atom. The predicted molar refractivity (Wildman–Crippen MR) is 85.7 cm³/mol. The van der Waals surface area contributed by atoms with Gasteiger partial charge in [0.25, 0.3) is 10.1 Å². The molecule has 0 heterocycles. The zero-order valence-electron chi connectivity index (χ0n) is 14.6. The van der Waals surface area contributed by atoms with Crippen LogP contribution in [0, 0.1) is 16.7 Å². The molecule has 1 amide bonds. The second-order valence-electron chi connectivity index (χ2n) is 8.78. The summed E-state index contributed by atoms with van der Waals surface area (Å²) in [7, 11) is -4.14. The second-order valence-corrected chi connectivity index (χ2v) is 10.2. The molecule has 21 heavy (non-hydrogen) atoms. The molecule has 0 saturated heterocycles. The number of carbonyl (C=O) groups excluding carboxylic acids is 1. The molecule has 0 aromatic carbocycles. The van der Waals surface area contributed by atoms with E-state index < -0.39 is 21.4 Å². The normalized spacial score (nSPS) is 15.7. The fourth-order valence-corrected chi connectivity index (χ4v) is 3.30. The molecule has 0 aliphatic rings. The van der Waals surface area contributed by atoms with Gasteiger partial charge in [0.15, 0.2) is 0 Å². The van der Waals surface area contributed by atoms with Gasteiger partial charge in [-0.25, -0.2) is 0 Å². The molecular formula is C15H31NO4S. The minimum absolute atomic E-state index is 0.0114. The fourth-order valence-electron chi connectivity index (χ4n) is 2.32. The predicted octanol–water partition coefficient (Wildman–Crippen LogP) is 2.87. The van der Waals surface area contributed by atoms with E-state index in [2.05, 4.69) is 26.1 Å². The van der Waals surface area contributed by atoms with Crippen LogP contribution in [0.4, 0.5) is 0 Å². The van der Waals surface area contributed by atoms with Crippen LogP contribution in [0.15, 0.2) is 0 Å². The largest absolute Gasteiger partial charge is 0.350 e. The summed E-state index contributed by atoms with van der Waals surface area (Å²) in [6.45, 7) is 15.4. The quantitative estimate of drug-likeness (QED) is 0.763. The minimum atomic E-state index is -4.14. The van der Waals surface area contributed by atoms with Crippen molar-refractivity contribution in [1.29, 1.82) is 0 Å². The summed E-state index contributed by atoms with van der Waals surface area (Å²) in [6.07, 6.45) is 0.699. The lowest BCUT2D eigenvalue weighted by atomic mass is 9.71. The highest BCUT2D eigenvalue weighted by Crippen LogP contribution is 2.36. The first-order chi connectivity index (χ1) is 8.93. The Morgan fingerprint density at radius 2 is 1.48 bits per heavy atom. The van der Waals surface area contributed by atoms with Crippen LogP contribution in [0.1, 0.15) is 61.8 Å². The highest BCUT2D eigenvalue weighted by Gasteiger charge is 2.37. The van der Waals surface area contributed by atoms with Crippen molar-refractivity contribution < 1.29 is 17.8 Å². The first-order valence-electron chi connectivity index (χ1n) is 7.20. The van der Waals surface area contributed by atoms with E-state index in [4.69, 9.17) is 4.55 Å². The Hall–Kier alpha value is -0.620. The van der Waals surface area contributed by atoms with Gasteiger partial charge >= 0.3 is 0 Å². The molecule has 0 rings (SSSR count). The van der Waals surface area contributed by atoms with Crippen molar-refractivity contribution in [2.45, 2.75) is 67.3 Å². The Kier molecular flexibility index (Phi) is 6.06. The Balaban J connectivity index is 5.16. The Labute approximate surface area is 129 Å². The molecule has 0 aromatic rings. The van der Waals surface area contributed by atoms with E-state index >= 15 is 0 Å². The number of nitrogens with one attached hydrogen (secondary N) is 1. The van der Waals surface area contributed by atoms with Gasteiger partial charge in [0, 0.05) is 5.92 Å². The van der Waals surface area contributed by atoms with Crippen LogP contribution in [0.3, 0.4) is 0 Å². The minimum Gasteiger partial charge on any atom is -0.350 e. The molecule has 0 saturated carbocycles. The molecule has 0 radical (unpaired) electrons. The lowest BCUT2D eigenvalue weighted by molar-refractivity contribution is -0.131. The highest BCUT2D eigenvalue weighted by atomic mass is 32.2. The van der Waals surface area contributed by atoms with Crippen molar-refractivity contribution in [3.05, 3.63) is 0 Å². The van der Waals surface area contributed by atoms with Crippen LogP contribution in [0.2, 0.25) is 0 Å². The summed E-state index contributed by atoms with van der Waals surface area (Å²) in [5.74, 6) is -0.915. The maximum absolute atomic E-state index is 12.6. The summed E-state index contributed by atoms with van der Waals surface area (Å²) in [6, 6.07) is 0. The molecule has 2 N–H and O–H groups in total. The van der Waals surface area contributed by atoms with Gasteiger partial charge in [-0.05, 0) is 31.1 Å². The average molecular weight is 321 g/mol. The number of carbonyl (C=O) groups is 1. The summed E-state index contributed by atoms with van der Waals surface area (Å²) >= 11 is 0. The molecular weight excluding hydrogens is 290 g/mol. The standard InChI is InChI=1S/C15H31NO4S/c1-13(2,3)9-11(14(4,5)6)12(17)16-15(7,8)10-21(18,19)20/h11H,9-10H2,1-8H3,(H,16,17)(H,18,19,20). The summed E-state index contributed by atoms with van der Waals surface area (Å²) in [4.78, 5) is 12.6. The number of hydrogen-bond donors (Lipinski definition) is 2. The molecule has 0 spiro atoms. The molecule has 1 unspecified atom stereocenters. The molecule has 0 bridgehead atoms. The zero-order valence-corrected chi connectivity index (χ0v) is 15.4. The topological polar surface area (TPSA) is 83.5 Å². The summed E-state index contributed by atoms with van der Waals surface area (Å²) in [5, 5.41) is 2.76. The van der Waals surface area contributed by atoms with Gasteiger partial charge in [-0.2, -0.15) is 8.42 Å². The van der Waals surface area contributed by atoms with E-state index in [0.717, 1.165) is 0 Å². The lowest BCUT2D eigenvalue weighted by Gasteiger charge is -2.37. The Bertz CT molecular complexity index is 467. The molecule has 6 heteroatoms. The number of rotatable bonds is 5. The molecule has 0 aliphatic heterocycles. The summed E-state index contributed by atoms with van der Waals surface area (Å²) < 4.78 is 31.0. The first-order valence-corrected chi connectivity index (χ1v) is 8.81. The van der Waals surface area contributed by atoms with Crippen LogP contribution in [-0.4, -0.2) is 30.2 Å². The third kappa shape index (κ3) is 9.09. The SMILES string of the molecule is CC(C)(C)CC(C(=O)NC(C)(C)CS(=O)(=O)O)C(C)(C)C. The monoisotopic (exact) mass is 321 g/mol. The van der Waals surface area contributed by atoms with Gasteiger partial charge in [-0.1, -0.05) is 41.5 Å². The van der Waals surface area contributed by atoms with Crippen molar-refractivity contribution in [3.63, 3.8) is 0 Å². The van der Waals surface area contributed by atoms with E-state index in [0.29, 0.717) is 6.42 Å². The fraction of sp³-hybridized carbons (Fsp3) is 0.933. The van der Waals surface area contributed by atoms with Crippen LogP contribution < -0.4 is 5.32 Å². The van der Waals surface area contributed by atoms with E-state index in [9.17, 15) is 13.2 Å². The first kappa shape index (κ1) is 20.4. The molecule has 5 nitrogen and oxygen atoms in total. The van der Waals surface area contributed by atoms with Crippen molar-refractivity contribution in [2.75, 3.05) is 5.75 Å². The molecule has 0 fully saturated rings. The van der Waals surface area contributed by atoms with E-state index in [-0.39, 0.29) is 22.7 Å². The second kappa shape index (κ2) is 6.24. The molecule has 126 valence electrons. The van der Waals surface area contributed by atoms with Crippen molar-refractivity contribution in [1.82, 2.24) is 5.32 Å². The maximum atomic E-state index is 12.6. The van der Waals surface area contributed by atoms with Gasteiger partial charge in [-0.3, -0.25) is 9.35 Å². The van der Waals surface area contributed by atoms with Crippen LogP contribution >= 0.6 is 0 Å². The van der Waals surface area contributed by atoms with Crippen LogP contribution in [-0.2, 0) is 14.9 Å². The third-order valence-electron chi connectivity index (χ3n) is 3.18. The molecule has 0 aromatic heterocycles. The van der Waals surface area contributed by atoms with Crippen LogP contribution in [0.25, 0.3) is 0 Å². The van der Waals surface area contributed by atoms with E-state index in [1.807, 2.05) is 20.8 Å². The number of hydrogen-bond acceptors (Lipinski definition) is 3. The third-order valence-corrected chi connectivity index (χ3v) is 4.27. The lowest BCUT2D eigenvalue weighted by Crippen LogP contribution is -2.52. The van der Waals surface area contributed by atoms with Gasteiger partial charge in [-0.15, -0.1) is 0 Å². The van der Waals surface area contributed by atoms with Crippen molar-refractivity contribution in [2.24, 2.45) is 16.7 Å². The molecule has 1 atom stereocenters. The van der Waals surface area contributed by atoms with E-state index in [1.165, 1.54) is 0 Å². The van der Waals surface area contributed by atoms with Gasteiger partial charge in [0.1, 0.15) is 0 Å². The highest BCUT2D eigenvalue weighted by molar-refractivity contribution is 7.85.